The van der Waals surface area contributed by atoms with E-state index in [9.17, 15) is 4.79 Å². The molecule has 2 aromatic heterocycles. The fraction of sp³-hybridized carbons (Fsp3) is 0.143. The SMILES string of the molecule is Bc1ccc2nc(Nc3cc(OCC(=O)OC)cc(-c4cnn(C)c4)c3)ncc2c1. The molecule has 30 heavy (non-hydrogen) atoms. The zero-order valence-corrected chi connectivity index (χ0v) is 16.9. The molecular weight excluding hydrogens is 381 g/mol. The first-order chi connectivity index (χ1) is 14.5. The average Bonchev–Trinajstić information content (AvgIpc) is 3.18. The number of anilines is 2. The summed E-state index contributed by atoms with van der Waals surface area (Å²) in [5.74, 6) is 0.527. The number of carbonyl (C=O) groups is 1. The summed E-state index contributed by atoms with van der Waals surface area (Å²) in [4.78, 5) is 20.5. The number of nitrogens with one attached hydrogen (secondary N) is 1. The van der Waals surface area contributed by atoms with Gasteiger partial charge in [0, 0.05) is 42.1 Å². The highest BCUT2D eigenvalue weighted by Crippen LogP contribution is 2.30. The van der Waals surface area contributed by atoms with Gasteiger partial charge in [-0.1, -0.05) is 17.6 Å². The van der Waals surface area contributed by atoms with Crippen LogP contribution >= 0.6 is 0 Å². The van der Waals surface area contributed by atoms with E-state index in [1.54, 1.807) is 23.1 Å². The van der Waals surface area contributed by atoms with E-state index in [0.717, 1.165) is 33.2 Å². The van der Waals surface area contributed by atoms with Crippen molar-refractivity contribution in [1.82, 2.24) is 19.7 Å². The molecule has 0 spiro atoms. The second-order valence-corrected chi connectivity index (χ2v) is 6.89. The number of methoxy groups -OCH3 is 1. The third-order valence-corrected chi connectivity index (χ3v) is 4.52. The fourth-order valence-corrected chi connectivity index (χ4v) is 3.03. The standard InChI is InChI=1S/C21H20BN5O3/c1-27-11-15(10-24-27)13-6-17(8-18(7-13)30-12-20(28)29-2)25-21-23-9-14-5-16(22)3-4-19(14)26-21/h3-11H,12,22H2,1-2H3,(H,23,25,26). The van der Waals surface area contributed by atoms with Gasteiger partial charge in [0.25, 0.3) is 0 Å². The van der Waals surface area contributed by atoms with E-state index in [1.165, 1.54) is 7.11 Å². The van der Waals surface area contributed by atoms with Crippen molar-refractivity contribution in [3.05, 3.63) is 55.0 Å². The Bertz CT molecular complexity index is 1220. The maximum atomic E-state index is 11.5. The lowest BCUT2D eigenvalue weighted by atomic mass is 9.95. The second kappa shape index (κ2) is 8.24. The number of aryl methyl sites for hydroxylation is 1. The first-order valence-corrected chi connectivity index (χ1v) is 9.34. The molecule has 2 aromatic carbocycles. The maximum absolute atomic E-state index is 11.5. The summed E-state index contributed by atoms with van der Waals surface area (Å²) in [7, 11) is 5.21. The molecule has 0 unspecified atom stereocenters. The van der Waals surface area contributed by atoms with Gasteiger partial charge in [0.1, 0.15) is 13.6 Å². The highest BCUT2D eigenvalue weighted by Gasteiger charge is 2.10. The Hall–Kier alpha value is -3.88. The Morgan fingerprint density at radius 3 is 2.80 bits per heavy atom. The van der Waals surface area contributed by atoms with Crippen molar-refractivity contribution in [3.63, 3.8) is 0 Å². The molecule has 0 aliphatic rings. The van der Waals surface area contributed by atoms with Crippen molar-refractivity contribution in [1.29, 1.82) is 0 Å². The number of rotatable bonds is 6. The number of benzene rings is 2. The molecular formula is C21H20BN5O3. The van der Waals surface area contributed by atoms with Crippen LogP contribution < -0.4 is 15.5 Å². The van der Waals surface area contributed by atoms with Crippen LogP contribution in [0.2, 0.25) is 0 Å². The van der Waals surface area contributed by atoms with Crippen molar-refractivity contribution in [3.8, 4) is 16.9 Å². The van der Waals surface area contributed by atoms with Crippen LogP contribution in [0.3, 0.4) is 0 Å². The summed E-state index contributed by atoms with van der Waals surface area (Å²) in [5.41, 5.74) is 4.53. The summed E-state index contributed by atoms with van der Waals surface area (Å²) < 4.78 is 12.0. The molecule has 0 fully saturated rings. The Balaban J connectivity index is 1.67. The minimum Gasteiger partial charge on any atom is -0.482 e. The Morgan fingerprint density at radius 1 is 1.17 bits per heavy atom. The van der Waals surface area contributed by atoms with Gasteiger partial charge in [-0.25, -0.2) is 14.8 Å². The number of hydrogen-bond acceptors (Lipinski definition) is 7. The third kappa shape index (κ3) is 4.40. The highest BCUT2D eigenvalue weighted by atomic mass is 16.6. The zero-order valence-electron chi connectivity index (χ0n) is 16.9. The molecule has 0 bridgehead atoms. The molecule has 2 heterocycles. The number of fused-ring (bicyclic) bond motifs is 1. The van der Waals surface area contributed by atoms with E-state index in [-0.39, 0.29) is 6.61 Å². The molecule has 0 aliphatic carbocycles. The van der Waals surface area contributed by atoms with Crippen LogP contribution in [-0.2, 0) is 16.6 Å². The van der Waals surface area contributed by atoms with Crippen LogP contribution in [0.4, 0.5) is 11.6 Å². The number of carbonyl (C=O) groups excluding carboxylic acids is 1. The van der Waals surface area contributed by atoms with Crippen molar-refractivity contribution in [2.75, 3.05) is 19.0 Å². The monoisotopic (exact) mass is 401 g/mol. The molecule has 0 aliphatic heterocycles. The Morgan fingerprint density at radius 2 is 2.03 bits per heavy atom. The van der Waals surface area contributed by atoms with Crippen LogP contribution in [-0.4, -0.2) is 47.3 Å². The first kappa shape index (κ1) is 19.4. The summed E-state index contributed by atoms with van der Waals surface area (Å²) in [6.45, 7) is -0.182. The number of aromatic nitrogens is 4. The zero-order chi connectivity index (χ0) is 21.1. The van der Waals surface area contributed by atoms with Gasteiger partial charge in [0.15, 0.2) is 6.61 Å². The van der Waals surface area contributed by atoms with Gasteiger partial charge < -0.3 is 14.8 Å². The summed E-state index contributed by atoms with van der Waals surface area (Å²) in [5, 5.41) is 8.42. The van der Waals surface area contributed by atoms with Crippen molar-refractivity contribution in [2.24, 2.45) is 7.05 Å². The van der Waals surface area contributed by atoms with Gasteiger partial charge in [-0.15, -0.1) is 0 Å². The quantitative estimate of drug-likeness (QED) is 0.388. The van der Waals surface area contributed by atoms with Crippen molar-refractivity contribution in [2.45, 2.75) is 0 Å². The highest BCUT2D eigenvalue weighted by molar-refractivity contribution is 6.33. The number of hydrogen-bond donors (Lipinski definition) is 1. The summed E-state index contributed by atoms with van der Waals surface area (Å²) in [6.07, 6.45) is 5.45. The minimum atomic E-state index is -0.454. The van der Waals surface area contributed by atoms with E-state index in [0.29, 0.717) is 11.7 Å². The van der Waals surface area contributed by atoms with Gasteiger partial charge in [-0.2, -0.15) is 5.10 Å². The molecule has 8 nitrogen and oxygen atoms in total. The predicted octanol–water partition coefficient (Wildman–Crippen LogP) is 1.58. The largest absolute Gasteiger partial charge is 0.482 e. The minimum absolute atomic E-state index is 0.182. The summed E-state index contributed by atoms with van der Waals surface area (Å²) >= 11 is 0. The first-order valence-electron chi connectivity index (χ1n) is 9.34. The summed E-state index contributed by atoms with van der Waals surface area (Å²) in [6, 6.07) is 11.6. The topological polar surface area (TPSA) is 91.2 Å². The molecule has 4 rings (SSSR count). The van der Waals surface area contributed by atoms with Gasteiger partial charge in [-0.3, -0.25) is 4.68 Å². The molecule has 0 amide bonds. The van der Waals surface area contributed by atoms with Crippen LogP contribution in [0.15, 0.2) is 55.0 Å². The molecule has 9 heteroatoms. The molecule has 0 radical (unpaired) electrons. The Kier molecular flexibility index (Phi) is 5.34. The van der Waals surface area contributed by atoms with Crippen LogP contribution in [0, 0.1) is 0 Å². The van der Waals surface area contributed by atoms with E-state index in [1.807, 2.05) is 51.4 Å². The third-order valence-electron chi connectivity index (χ3n) is 4.52. The van der Waals surface area contributed by atoms with Gasteiger partial charge >= 0.3 is 5.97 Å². The van der Waals surface area contributed by atoms with Crippen molar-refractivity contribution < 1.29 is 14.3 Å². The average molecular weight is 401 g/mol. The number of ether oxygens (including phenoxy) is 2. The molecule has 0 saturated carbocycles. The Labute approximate surface area is 174 Å². The second-order valence-electron chi connectivity index (χ2n) is 6.89. The van der Waals surface area contributed by atoms with E-state index < -0.39 is 5.97 Å². The molecule has 150 valence electrons. The van der Waals surface area contributed by atoms with Gasteiger partial charge in [-0.05, 0) is 23.8 Å². The maximum Gasteiger partial charge on any atom is 0.343 e. The molecule has 0 atom stereocenters. The van der Waals surface area contributed by atoms with Crippen LogP contribution in [0.5, 0.6) is 5.75 Å². The number of esters is 1. The van der Waals surface area contributed by atoms with Gasteiger partial charge in [0.05, 0.1) is 18.8 Å². The normalized spacial score (nSPS) is 10.7. The lowest BCUT2D eigenvalue weighted by Crippen LogP contribution is -2.12. The smallest absolute Gasteiger partial charge is 0.343 e. The molecule has 1 N–H and O–H groups in total. The lowest BCUT2D eigenvalue weighted by Gasteiger charge is -2.11. The number of nitrogens with zero attached hydrogens (tertiary/aromatic N) is 4. The van der Waals surface area contributed by atoms with E-state index in [2.05, 4.69) is 25.1 Å². The van der Waals surface area contributed by atoms with Crippen LogP contribution in [0.25, 0.3) is 22.0 Å². The lowest BCUT2D eigenvalue weighted by molar-refractivity contribution is -0.142. The van der Waals surface area contributed by atoms with E-state index >= 15 is 0 Å². The molecule has 4 aromatic rings. The predicted molar refractivity (Wildman–Crippen MR) is 117 cm³/mol. The van der Waals surface area contributed by atoms with Gasteiger partial charge in [0.2, 0.25) is 5.95 Å². The van der Waals surface area contributed by atoms with E-state index in [4.69, 9.17) is 4.74 Å². The van der Waals surface area contributed by atoms with Crippen molar-refractivity contribution >= 4 is 41.8 Å². The van der Waals surface area contributed by atoms with Crippen LogP contribution in [0.1, 0.15) is 0 Å². The molecule has 0 saturated heterocycles. The fourth-order valence-electron chi connectivity index (χ4n) is 3.03.